The lowest BCUT2D eigenvalue weighted by Crippen LogP contribution is -2.24. The van der Waals surface area contributed by atoms with Gasteiger partial charge in [-0.25, -0.2) is 14.5 Å². The Balaban J connectivity index is 2.40. The second-order valence-corrected chi connectivity index (χ2v) is 6.45. The number of hydrogen-bond donors (Lipinski definition) is 0. The van der Waals surface area contributed by atoms with E-state index in [4.69, 9.17) is 4.74 Å². The van der Waals surface area contributed by atoms with Crippen LogP contribution in [0, 0.1) is 0 Å². The molecule has 0 aliphatic heterocycles. The fourth-order valence-corrected chi connectivity index (χ4v) is 3.17. The highest BCUT2D eigenvalue weighted by Crippen LogP contribution is 2.23. The minimum Gasteiger partial charge on any atom is -0.461 e. The molecule has 2 aromatic heterocycles. The van der Waals surface area contributed by atoms with Crippen LogP contribution in [0.1, 0.15) is 17.4 Å². The van der Waals surface area contributed by atoms with Crippen molar-refractivity contribution in [2.45, 2.75) is 6.92 Å². The first-order chi connectivity index (χ1) is 11.5. The molecule has 0 fully saturated rings. The van der Waals surface area contributed by atoms with E-state index >= 15 is 0 Å². The summed E-state index contributed by atoms with van der Waals surface area (Å²) in [6.07, 6.45) is 1.60. The van der Waals surface area contributed by atoms with E-state index in [9.17, 15) is 9.59 Å². The maximum atomic E-state index is 12.7. The molecule has 8 heteroatoms. The predicted octanol–water partition coefficient (Wildman–Crippen LogP) is 3.48. The van der Waals surface area contributed by atoms with E-state index in [1.54, 1.807) is 43.5 Å². The van der Waals surface area contributed by atoms with Gasteiger partial charge in [0.25, 0.3) is 0 Å². The van der Waals surface area contributed by atoms with Crippen LogP contribution in [0.15, 0.2) is 50.4 Å². The molecule has 6 nitrogen and oxygen atoms in total. The minimum absolute atomic E-state index is 0.161. The van der Waals surface area contributed by atoms with Crippen LogP contribution in [-0.4, -0.2) is 27.3 Å². The highest BCUT2D eigenvalue weighted by Gasteiger charge is 2.20. The van der Waals surface area contributed by atoms with Gasteiger partial charge in [-0.05, 0) is 63.0 Å². The van der Waals surface area contributed by atoms with Crippen LogP contribution >= 0.6 is 31.9 Å². The first kappa shape index (κ1) is 16.8. The van der Waals surface area contributed by atoms with E-state index in [0.29, 0.717) is 25.7 Å². The second kappa shape index (κ2) is 6.82. The van der Waals surface area contributed by atoms with Crippen molar-refractivity contribution in [2.75, 3.05) is 6.61 Å². The Bertz CT molecular complexity index is 1000. The van der Waals surface area contributed by atoms with Crippen molar-refractivity contribution >= 4 is 48.7 Å². The SMILES string of the molecule is CCOC(=O)c1nn(-c2ccnc(Br)c2)c2cccc(Br)c2c1=O. The third-order valence-corrected chi connectivity index (χ3v) is 4.38. The van der Waals surface area contributed by atoms with Crippen molar-refractivity contribution in [3.05, 3.63) is 61.5 Å². The van der Waals surface area contributed by atoms with Crippen LogP contribution in [0.3, 0.4) is 0 Å². The van der Waals surface area contributed by atoms with E-state index < -0.39 is 11.4 Å². The first-order valence-electron chi connectivity index (χ1n) is 7.03. The van der Waals surface area contributed by atoms with Crippen molar-refractivity contribution < 1.29 is 9.53 Å². The number of hydrogen-bond acceptors (Lipinski definition) is 5. The monoisotopic (exact) mass is 451 g/mol. The van der Waals surface area contributed by atoms with E-state index in [1.165, 1.54) is 4.68 Å². The van der Waals surface area contributed by atoms with Gasteiger partial charge < -0.3 is 4.74 Å². The maximum absolute atomic E-state index is 12.7. The number of benzene rings is 1. The molecule has 0 unspecified atom stereocenters. The standard InChI is InChI=1S/C16H11Br2N3O3/c1-2-24-16(23)14-15(22)13-10(17)4-3-5-11(13)21(20-14)9-6-7-19-12(18)8-9/h3-8H,2H2,1H3. The number of ether oxygens (including phenoxy) is 1. The topological polar surface area (TPSA) is 74.1 Å². The van der Waals surface area contributed by atoms with Gasteiger partial charge in [0.1, 0.15) is 4.60 Å². The maximum Gasteiger partial charge on any atom is 0.362 e. The van der Waals surface area contributed by atoms with Gasteiger partial charge in [-0.15, -0.1) is 0 Å². The van der Waals surface area contributed by atoms with E-state index in [1.807, 2.05) is 0 Å². The van der Waals surface area contributed by atoms with Crippen LogP contribution in [0.25, 0.3) is 16.6 Å². The van der Waals surface area contributed by atoms with E-state index in [-0.39, 0.29) is 12.3 Å². The van der Waals surface area contributed by atoms with Gasteiger partial charge in [0.05, 0.1) is 23.2 Å². The molecule has 0 saturated heterocycles. The van der Waals surface area contributed by atoms with Crippen molar-refractivity contribution in [2.24, 2.45) is 0 Å². The van der Waals surface area contributed by atoms with Crippen LogP contribution in [0.2, 0.25) is 0 Å². The highest BCUT2D eigenvalue weighted by molar-refractivity contribution is 9.10. The van der Waals surface area contributed by atoms with Crippen LogP contribution in [0.4, 0.5) is 0 Å². The lowest BCUT2D eigenvalue weighted by atomic mass is 10.2. The molecular formula is C16H11Br2N3O3. The normalized spacial score (nSPS) is 10.8. The number of aromatic nitrogens is 3. The van der Waals surface area contributed by atoms with Crippen molar-refractivity contribution in [3.63, 3.8) is 0 Å². The molecule has 24 heavy (non-hydrogen) atoms. The summed E-state index contributed by atoms with van der Waals surface area (Å²) in [5.74, 6) is -0.748. The molecule has 0 atom stereocenters. The average Bonchev–Trinajstić information content (AvgIpc) is 2.55. The summed E-state index contributed by atoms with van der Waals surface area (Å²) < 4.78 is 7.68. The van der Waals surface area contributed by atoms with Crippen LogP contribution in [-0.2, 0) is 4.74 Å². The number of pyridine rings is 1. The molecule has 0 N–H and O–H groups in total. The number of fused-ring (bicyclic) bond motifs is 1. The zero-order chi connectivity index (χ0) is 17.3. The second-order valence-electron chi connectivity index (χ2n) is 4.78. The summed E-state index contributed by atoms with van der Waals surface area (Å²) in [4.78, 5) is 28.9. The Morgan fingerprint density at radius 3 is 2.79 bits per heavy atom. The smallest absolute Gasteiger partial charge is 0.362 e. The highest BCUT2D eigenvalue weighted by atomic mass is 79.9. The third kappa shape index (κ3) is 2.99. The number of nitrogens with zero attached hydrogens (tertiary/aromatic N) is 3. The van der Waals surface area contributed by atoms with Gasteiger partial charge in [0.2, 0.25) is 11.1 Å². The Kier molecular flexibility index (Phi) is 4.77. The largest absolute Gasteiger partial charge is 0.461 e. The van der Waals surface area contributed by atoms with Crippen LogP contribution in [0.5, 0.6) is 0 Å². The Hall–Kier alpha value is -2.06. The summed E-state index contributed by atoms with van der Waals surface area (Å²) in [6.45, 7) is 1.84. The lowest BCUT2D eigenvalue weighted by molar-refractivity contribution is 0.0516. The Morgan fingerprint density at radius 2 is 2.08 bits per heavy atom. The molecule has 1 aromatic carbocycles. The Morgan fingerprint density at radius 1 is 1.29 bits per heavy atom. The number of carbonyl (C=O) groups is 1. The molecule has 122 valence electrons. The quantitative estimate of drug-likeness (QED) is 0.449. The van der Waals surface area contributed by atoms with E-state index in [2.05, 4.69) is 41.9 Å². The molecule has 0 saturated carbocycles. The molecule has 0 spiro atoms. The average molecular weight is 453 g/mol. The van der Waals surface area contributed by atoms with Crippen molar-refractivity contribution in [1.82, 2.24) is 14.8 Å². The molecule has 0 bridgehead atoms. The molecule has 0 radical (unpaired) electrons. The first-order valence-corrected chi connectivity index (χ1v) is 8.62. The van der Waals surface area contributed by atoms with Gasteiger partial charge in [0, 0.05) is 10.7 Å². The molecule has 2 heterocycles. The van der Waals surface area contributed by atoms with Gasteiger partial charge in [-0.2, -0.15) is 5.10 Å². The molecular weight excluding hydrogens is 442 g/mol. The summed E-state index contributed by atoms with van der Waals surface area (Å²) in [7, 11) is 0. The summed E-state index contributed by atoms with van der Waals surface area (Å²) >= 11 is 6.69. The van der Waals surface area contributed by atoms with Crippen LogP contribution < -0.4 is 5.43 Å². The fourth-order valence-electron chi connectivity index (χ4n) is 2.29. The molecule has 0 amide bonds. The fraction of sp³-hybridized carbons (Fsp3) is 0.125. The van der Waals surface area contributed by atoms with Gasteiger partial charge in [-0.3, -0.25) is 4.79 Å². The van der Waals surface area contributed by atoms with Crippen molar-refractivity contribution in [3.8, 4) is 5.69 Å². The number of esters is 1. The summed E-state index contributed by atoms with van der Waals surface area (Å²) in [6, 6.07) is 8.78. The number of rotatable bonds is 3. The number of carbonyl (C=O) groups excluding carboxylic acids is 1. The molecule has 3 aromatic rings. The third-order valence-electron chi connectivity index (χ3n) is 3.29. The minimum atomic E-state index is -0.748. The molecule has 0 aliphatic carbocycles. The summed E-state index contributed by atoms with van der Waals surface area (Å²) in [5, 5.41) is 4.60. The van der Waals surface area contributed by atoms with Gasteiger partial charge in [-0.1, -0.05) is 6.07 Å². The molecule has 3 rings (SSSR count). The lowest BCUT2D eigenvalue weighted by Gasteiger charge is -2.12. The van der Waals surface area contributed by atoms with Gasteiger partial charge >= 0.3 is 5.97 Å². The number of halogens is 2. The zero-order valence-corrected chi connectivity index (χ0v) is 15.7. The predicted molar refractivity (Wildman–Crippen MR) is 96.5 cm³/mol. The van der Waals surface area contributed by atoms with E-state index in [0.717, 1.165) is 0 Å². The van der Waals surface area contributed by atoms with Crippen molar-refractivity contribution in [1.29, 1.82) is 0 Å². The van der Waals surface area contributed by atoms with Gasteiger partial charge in [0.15, 0.2) is 0 Å². The Labute approximate surface area is 153 Å². The zero-order valence-electron chi connectivity index (χ0n) is 12.5. The summed E-state index contributed by atoms with van der Waals surface area (Å²) in [5.41, 5.74) is 0.496. The molecule has 0 aliphatic rings.